The molecule has 0 bridgehead atoms. The highest BCUT2D eigenvalue weighted by Crippen LogP contribution is 2.16. The molecule has 0 aliphatic heterocycles. The van der Waals surface area contributed by atoms with E-state index < -0.39 is 15.9 Å². The number of carbonyl (C=O) groups excluding carboxylic acids is 1. The van der Waals surface area contributed by atoms with Gasteiger partial charge in [0.2, 0.25) is 10.0 Å². The van der Waals surface area contributed by atoms with Gasteiger partial charge in [-0.2, -0.15) is 0 Å². The van der Waals surface area contributed by atoms with Gasteiger partial charge in [-0.15, -0.1) is 11.3 Å². The van der Waals surface area contributed by atoms with Crippen LogP contribution in [0, 0.1) is 11.8 Å². The Labute approximate surface area is 174 Å². The number of thiophene rings is 1. The van der Waals surface area contributed by atoms with Gasteiger partial charge in [-0.3, -0.25) is 4.79 Å². The Morgan fingerprint density at radius 3 is 2.52 bits per heavy atom. The highest BCUT2D eigenvalue weighted by Gasteiger charge is 2.17. The summed E-state index contributed by atoms with van der Waals surface area (Å²) in [6.45, 7) is 3.48. The van der Waals surface area contributed by atoms with E-state index in [1.807, 2.05) is 29.6 Å². The fraction of sp³-hybridized carbons (Fsp3) is 0.136. The predicted octanol–water partition coefficient (Wildman–Crippen LogP) is 4.09. The van der Waals surface area contributed by atoms with Crippen LogP contribution in [0.2, 0.25) is 0 Å². The van der Waals surface area contributed by atoms with Gasteiger partial charge in [-0.25, -0.2) is 13.1 Å². The second kappa shape index (κ2) is 9.05. The summed E-state index contributed by atoms with van der Waals surface area (Å²) in [6.07, 6.45) is 0. The third kappa shape index (κ3) is 5.78. The van der Waals surface area contributed by atoms with Gasteiger partial charge in [-0.1, -0.05) is 30.0 Å². The van der Waals surface area contributed by atoms with Crippen LogP contribution in [0.3, 0.4) is 0 Å². The number of carbonyl (C=O) groups is 1. The SMILES string of the molecule is CC(C)NS(=O)(=O)c1cccc(C(=O)Nc2cccc(C#Cc3cccs3)c2)c1. The molecule has 0 aliphatic carbocycles. The highest BCUT2D eigenvalue weighted by atomic mass is 32.2. The van der Waals surface area contributed by atoms with E-state index in [1.54, 1.807) is 49.4 Å². The van der Waals surface area contributed by atoms with Gasteiger partial charge < -0.3 is 5.32 Å². The molecule has 7 heteroatoms. The number of sulfonamides is 1. The van der Waals surface area contributed by atoms with Crippen molar-refractivity contribution < 1.29 is 13.2 Å². The third-order valence-corrected chi connectivity index (χ3v) is 6.21. The van der Waals surface area contributed by atoms with Gasteiger partial charge >= 0.3 is 0 Å². The zero-order valence-corrected chi connectivity index (χ0v) is 17.6. The number of hydrogen-bond acceptors (Lipinski definition) is 4. The van der Waals surface area contributed by atoms with E-state index in [0.717, 1.165) is 10.4 Å². The van der Waals surface area contributed by atoms with E-state index in [2.05, 4.69) is 21.9 Å². The lowest BCUT2D eigenvalue weighted by Crippen LogP contribution is -2.30. The smallest absolute Gasteiger partial charge is 0.255 e. The molecule has 1 heterocycles. The van der Waals surface area contributed by atoms with Crippen molar-refractivity contribution in [3.05, 3.63) is 82.0 Å². The molecule has 1 aromatic heterocycles. The molecule has 5 nitrogen and oxygen atoms in total. The maximum atomic E-state index is 12.6. The van der Waals surface area contributed by atoms with E-state index in [-0.39, 0.29) is 16.5 Å². The molecule has 148 valence electrons. The number of hydrogen-bond donors (Lipinski definition) is 2. The molecular formula is C22H20N2O3S2. The monoisotopic (exact) mass is 424 g/mol. The first-order valence-corrected chi connectivity index (χ1v) is 11.3. The van der Waals surface area contributed by atoms with Crippen LogP contribution in [0.25, 0.3) is 0 Å². The standard InChI is InChI=1S/C22H20N2O3S2/c1-16(2)24-29(26,27)21-10-4-7-18(15-21)22(25)23-19-8-3-6-17(14-19)11-12-20-9-5-13-28-20/h3-10,13-16,24H,1-2H3,(H,23,25). The average Bonchev–Trinajstić information content (AvgIpc) is 3.19. The lowest BCUT2D eigenvalue weighted by Gasteiger charge is -2.11. The molecule has 0 aliphatic rings. The Morgan fingerprint density at radius 1 is 1.00 bits per heavy atom. The first-order chi connectivity index (χ1) is 13.8. The molecule has 3 rings (SSSR count). The van der Waals surface area contributed by atoms with Crippen LogP contribution in [0.15, 0.2) is 70.9 Å². The van der Waals surface area contributed by atoms with Crippen LogP contribution >= 0.6 is 11.3 Å². The molecule has 0 atom stereocenters. The number of rotatable bonds is 5. The summed E-state index contributed by atoms with van der Waals surface area (Å²) in [5.74, 6) is 5.75. The molecule has 2 aromatic carbocycles. The second-order valence-corrected chi connectivity index (χ2v) is 9.23. The van der Waals surface area contributed by atoms with Crippen molar-refractivity contribution in [1.82, 2.24) is 4.72 Å². The lowest BCUT2D eigenvalue weighted by molar-refractivity contribution is 0.102. The molecule has 3 aromatic rings. The Kier molecular flexibility index (Phi) is 6.49. The quantitative estimate of drug-likeness (QED) is 0.606. The van der Waals surface area contributed by atoms with E-state index in [0.29, 0.717) is 5.69 Å². The van der Waals surface area contributed by atoms with Gasteiger partial charge in [0.1, 0.15) is 0 Å². The fourth-order valence-electron chi connectivity index (χ4n) is 2.54. The molecule has 29 heavy (non-hydrogen) atoms. The van der Waals surface area contributed by atoms with Crippen LogP contribution in [-0.4, -0.2) is 20.4 Å². The number of amides is 1. The Balaban J connectivity index is 1.77. The summed E-state index contributed by atoms with van der Waals surface area (Å²) in [7, 11) is -3.67. The maximum absolute atomic E-state index is 12.6. The van der Waals surface area contributed by atoms with Crippen LogP contribution < -0.4 is 10.0 Å². The number of nitrogens with one attached hydrogen (secondary N) is 2. The zero-order chi connectivity index (χ0) is 20.9. The van der Waals surface area contributed by atoms with E-state index >= 15 is 0 Å². The Morgan fingerprint density at radius 2 is 1.79 bits per heavy atom. The van der Waals surface area contributed by atoms with Crippen molar-refractivity contribution in [1.29, 1.82) is 0 Å². The van der Waals surface area contributed by atoms with Gasteiger partial charge in [0, 0.05) is 22.9 Å². The molecule has 0 radical (unpaired) electrons. The zero-order valence-electron chi connectivity index (χ0n) is 16.0. The fourth-order valence-corrected chi connectivity index (χ4v) is 4.41. The van der Waals surface area contributed by atoms with Crippen LogP contribution in [0.1, 0.15) is 34.6 Å². The summed E-state index contributed by atoms with van der Waals surface area (Å²) >= 11 is 1.56. The van der Waals surface area contributed by atoms with Crippen molar-refractivity contribution in [2.24, 2.45) is 0 Å². The van der Waals surface area contributed by atoms with Crippen molar-refractivity contribution in [2.75, 3.05) is 5.32 Å². The van der Waals surface area contributed by atoms with Crippen molar-refractivity contribution in [3.63, 3.8) is 0 Å². The topological polar surface area (TPSA) is 75.3 Å². The summed E-state index contributed by atoms with van der Waals surface area (Å²) in [5, 5.41) is 4.76. The van der Waals surface area contributed by atoms with E-state index in [4.69, 9.17) is 0 Å². The van der Waals surface area contributed by atoms with Crippen LogP contribution in [0.4, 0.5) is 5.69 Å². The van der Waals surface area contributed by atoms with Crippen LogP contribution in [-0.2, 0) is 10.0 Å². The maximum Gasteiger partial charge on any atom is 0.255 e. The van der Waals surface area contributed by atoms with Gasteiger partial charge in [0.15, 0.2) is 0 Å². The summed E-state index contributed by atoms with van der Waals surface area (Å²) in [6, 6.07) is 16.8. The lowest BCUT2D eigenvalue weighted by atomic mass is 10.1. The first-order valence-electron chi connectivity index (χ1n) is 8.93. The Bertz CT molecular complexity index is 1170. The second-order valence-electron chi connectivity index (χ2n) is 6.57. The molecular weight excluding hydrogens is 404 g/mol. The summed E-state index contributed by atoms with van der Waals surface area (Å²) in [5.41, 5.74) is 1.61. The van der Waals surface area contributed by atoms with Gasteiger partial charge in [-0.05, 0) is 61.7 Å². The third-order valence-electron chi connectivity index (χ3n) is 3.77. The average molecular weight is 425 g/mol. The first kappa shape index (κ1) is 20.8. The molecule has 0 saturated heterocycles. The van der Waals surface area contributed by atoms with Crippen LogP contribution in [0.5, 0.6) is 0 Å². The molecule has 0 spiro atoms. The molecule has 0 saturated carbocycles. The highest BCUT2D eigenvalue weighted by molar-refractivity contribution is 7.89. The van der Waals surface area contributed by atoms with Gasteiger partial charge in [0.25, 0.3) is 5.91 Å². The number of benzene rings is 2. The summed E-state index contributed by atoms with van der Waals surface area (Å²) in [4.78, 5) is 13.6. The minimum absolute atomic E-state index is 0.0504. The minimum atomic E-state index is -3.67. The van der Waals surface area contributed by atoms with Crippen molar-refractivity contribution >= 4 is 33.0 Å². The summed E-state index contributed by atoms with van der Waals surface area (Å²) < 4.78 is 27.2. The van der Waals surface area contributed by atoms with E-state index in [9.17, 15) is 13.2 Å². The Hall–Kier alpha value is -2.92. The van der Waals surface area contributed by atoms with Gasteiger partial charge in [0.05, 0.1) is 9.77 Å². The molecule has 0 unspecified atom stereocenters. The molecule has 0 fully saturated rings. The van der Waals surface area contributed by atoms with Crippen molar-refractivity contribution in [2.45, 2.75) is 24.8 Å². The molecule has 1 amide bonds. The number of anilines is 1. The normalized spacial score (nSPS) is 11.0. The van der Waals surface area contributed by atoms with E-state index in [1.165, 1.54) is 12.1 Å². The minimum Gasteiger partial charge on any atom is -0.322 e. The largest absolute Gasteiger partial charge is 0.322 e. The predicted molar refractivity (Wildman–Crippen MR) is 117 cm³/mol. The molecule has 2 N–H and O–H groups in total. The van der Waals surface area contributed by atoms with Crippen molar-refractivity contribution in [3.8, 4) is 11.8 Å².